The number of nitrogens with one attached hydrogen (secondary N) is 1. The summed E-state index contributed by atoms with van der Waals surface area (Å²) in [6.45, 7) is 2.36. The average Bonchev–Trinajstić information content (AvgIpc) is 3.30. The molecular formula is C19H17N3O2S. The lowest BCUT2D eigenvalue weighted by Gasteiger charge is -2.09. The second kappa shape index (κ2) is 6.64. The van der Waals surface area contributed by atoms with Gasteiger partial charge in [0, 0.05) is 11.8 Å². The van der Waals surface area contributed by atoms with Crippen molar-refractivity contribution < 1.29 is 9.63 Å². The number of fused-ring (bicyclic) bond motifs is 1. The highest BCUT2D eigenvalue weighted by Crippen LogP contribution is 2.27. The average molecular weight is 351 g/mol. The molecule has 5 nitrogen and oxygen atoms in total. The summed E-state index contributed by atoms with van der Waals surface area (Å²) < 4.78 is 0. The van der Waals surface area contributed by atoms with Crippen LogP contribution in [0, 0.1) is 0 Å². The third-order valence-corrected chi connectivity index (χ3v) is 4.96. The first-order chi connectivity index (χ1) is 12.2. The molecule has 3 aromatic rings. The summed E-state index contributed by atoms with van der Waals surface area (Å²) in [5.41, 5.74) is 3.11. The van der Waals surface area contributed by atoms with E-state index in [0.29, 0.717) is 12.1 Å². The van der Waals surface area contributed by atoms with Gasteiger partial charge in [0.25, 0.3) is 5.91 Å². The van der Waals surface area contributed by atoms with E-state index in [0.717, 1.165) is 33.6 Å². The normalized spacial score (nSPS) is 16.5. The molecule has 0 radical (unpaired) electrons. The first-order valence-electron chi connectivity index (χ1n) is 8.14. The second-order valence-electron chi connectivity index (χ2n) is 6.01. The van der Waals surface area contributed by atoms with Crippen molar-refractivity contribution in [2.75, 3.05) is 6.54 Å². The van der Waals surface area contributed by atoms with Crippen LogP contribution in [-0.2, 0) is 4.84 Å². The zero-order chi connectivity index (χ0) is 17.2. The van der Waals surface area contributed by atoms with Crippen LogP contribution in [0.4, 0.5) is 0 Å². The minimum Gasteiger partial charge on any atom is -0.392 e. The Morgan fingerprint density at radius 1 is 1.32 bits per heavy atom. The molecule has 4 rings (SSSR count). The molecule has 0 spiro atoms. The van der Waals surface area contributed by atoms with Gasteiger partial charge in [0.05, 0.1) is 33.9 Å². The molecule has 1 amide bonds. The Balaban J connectivity index is 1.66. The molecule has 0 bridgehead atoms. The van der Waals surface area contributed by atoms with Crippen molar-refractivity contribution in [1.82, 2.24) is 10.3 Å². The van der Waals surface area contributed by atoms with E-state index >= 15 is 0 Å². The maximum absolute atomic E-state index is 12.8. The summed E-state index contributed by atoms with van der Waals surface area (Å²) in [5, 5.41) is 9.80. The summed E-state index contributed by atoms with van der Waals surface area (Å²) in [4.78, 5) is 23.7. The van der Waals surface area contributed by atoms with Gasteiger partial charge in [-0.05, 0) is 30.5 Å². The van der Waals surface area contributed by atoms with Gasteiger partial charge in [-0.1, -0.05) is 29.4 Å². The van der Waals surface area contributed by atoms with Gasteiger partial charge in [-0.15, -0.1) is 11.3 Å². The van der Waals surface area contributed by atoms with Crippen LogP contribution >= 0.6 is 11.3 Å². The monoisotopic (exact) mass is 351 g/mol. The van der Waals surface area contributed by atoms with E-state index in [-0.39, 0.29) is 12.0 Å². The van der Waals surface area contributed by atoms with Gasteiger partial charge in [-0.25, -0.2) is 4.98 Å². The molecule has 0 saturated heterocycles. The molecule has 0 aliphatic carbocycles. The third kappa shape index (κ3) is 3.25. The highest BCUT2D eigenvalue weighted by Gasteiger charge is 2.18. The summed E-state index contributed by atoms with van der Waals surface area (Å²) in [5.74, 6) is -0.126. The van der Waals surface area contributed by atoms with E-state index < -0.39 is 0 Å². The van der Waals surface area contributed by atoms with Crippen LogP contribution in [0.2, 0.25) is 0 Å². The van der Waals surface area contributed by atoms with Crippen LogP contribution < -0.4 is 5.32 Å². The molecule has 126 valence electrons. The lowest BCUT2D eigenvalue weighted by atomic mass is 10.1. The molecule has 1 N–H and O–H groups in total. The van der Waals surface area contributed by atoms with E-state index in [4.69, 9.17) is 9.82 Å². The fourth-order valence-corrected chi connectivity index (χ4v) is 3.55. The molecule has 0 saturated carbocycles. The molecular weight excluding hydrogens is 334 g/mol. The SMILES string of the molecule is CC1CC(CNC(=O)c2cc(-c3cccs3)nc3ccccc23)=NO1. The largest absolute Gasteiger partial charge is 0.392 e. The quantitative estimate of drug-likeness (QED) is 0.776. The zero-order valence-corrected chi connectivity index (χ0v) is 14.5. The van der Waals surface area contributed by atoms with Gasteiger partial charge in [0.15, 0.2) is 0 Å². The number of rotatable bonds is 4. The van der Waals surface area contributed by atoms with Gasteiger partial charge >= 0.3 is 0 Å². The minimum atomic E-state index is -0.126. The number of oxime groups is 1. The molecule has 25 heavy (non-hydrogen) atoms. The van der Waals surface area contributed by atoms with Crippen molar-refractivity contribution in [2.45, 2.75) is 19.4 Å². The van der Waals surface area contributed by atoms with Gasteiger partial charge in [0.1, 0.15) is 6.10 Å². The predicted molar refractivity (Wildman–Crippen MR) is 100.0 cm³/mol. The molecule has 1 aliphatic rings. The van der Waals surface area contributed by atoms with Crippen molar-refractivity contribution >= 4 is 33.9 Å². The number of carbonyl (C=O) groups excluding carboxylic acids is 1. The highest BCUT2D eigenvalue weighted by atomic mass is 32.1. The van der Waals surface area contributed by atoms with Gasteiger partial charge in [0.2, 0.25) is 0 Å². The van der Waals surface area contributed by atoms with Crippen molar-refractivity contribution in [2.24, 2.45) is 5.16 Å². The minimum absolute atomic E-state index is 0.0825. The Morgan fingerprint density at radius 3 is 2.96 bits per heavy atom. The number of hydrogen-bond acceptors (Lipinski definition) is 5. The third-order valence-electron chi connectivity index (χ3n) is 4.07. The topological polar surface area (TPSA) is 63.6 Å². The standard InChI is InChI=1S/C19H17N3O2S/c1-12-9-13(22-24-12)11-20-19(23)15-10-17(18-7-4-8-25-18)21-16-6-3-2-5-14(15)16/h2-8,10,12H,9,11H2,1H3,(H,20,23). The van der Waals surface area contributed by atoms with Crippen LogP contribution in [0.5, 0.6) is 0 Å². The van der Waals surface area contributed by atoms with E-state index in [2.05, 4.69) is 10.5 Å². The lowest BCUT2D eigenvalue weighted by Crippen LogP contribution is -2.29. The number of carbonyl (C=O) groups is 1. The Labute approximate surface area is 149 Å². The Hall–Kier alpha value is -2.73. The molecule has 2 aromatic heterocycles. The Bertz CT molecular complexity index is 950. The van der Waals surface area contributed by atoms with Crippen LogP contribution in [0.3, 0.4) is 0 Å². The van der Waals surface area contributed by atoms with Crippen LogP contribution in [0.25, 0.3) is 21.5 Å². The van der Waals surface area contributed by atoms with Crippen molar-refractivity contribution in [3.63, 3.8) is 0 Å². The predicted octanol–water partition coefficient (Wildman–Crippen LogP) is 3.86. The number of nitrogens with zero attached hydrogens (tertiary/aromatic N) is 2. The van der Waals surface area contributed by atoms with Crippen LogP contribution in [0.15, 0.2) is 53.0 Å². The molecule has 1 aliphatic heterocycles. The summed E-state index contributed by atoms with van der Waals surface area (Å²) in [6, 6.07) is 13.6. The van der Waals surface area contributed by atoms with Gasteiger partial charge in [-0.3, -0.25) is 4.79 Å². The smallest absolute Gasteiger partial charge is 0.252 e. The summed E-state index contributed by atoms with van der Waals surface area (Å²) >= 11 is 1.61. The number of aromatic nitrogens is 1. The van der Waals surface area contributed by atoms with E-state index in [1.54, 1.807) is 11.3 Å². The molecule has 1 atom stereocenters. The molecule has 6 heteroatoms. The van der Waals surface area contributed by atoms with Crippen LogP contribution in [0.1, 0.15) is 23.7 Å². The molecule has 1 aromatic carbocycles. The second-order valence-corrected chi connectivity index (χ2v) is 6.96. The van der Waals surface area contributed by atoms with E-state index in [1.807, 2.05) is 54.8 Å². The number of amides is 1. The van der Waals surface area contributed by atoms with Crippen LogP contribution in [-0.4, -0.2) is 29.3 Å². The van der Waals surface area contributed by atoms with Crippen molar-refractivity contribution in [3.05, 3.63) is 53.4 Å². The summed E-state index contributed by atoms with van der Waals surface area (Å²) in [7, 11) is 0. The first-order valence-corrected chi connectivity index (χ1v) is 9.02. The molecule has 0 fully saturated rings. The Kier molecular flexibility index (Phi) is 4.19. The Morgan fingerprint density at radius 2 is 2.20 bits per heavy atom. The van der Waals surface area contributed by atoms with Crippen molar-refractivity contribution in [3.8, 4) is 10.6 Å². The number of thiophene rings is 1. The molecule has 1 unspecified atom stereocenters. The number of para-hydroxylation sites is 1. The molecule has 3 heterocycles. The van der Waals surface area contributed by atoms with Gasteiger partial charge in [-0.2, -0.15) is 0 Å². The van der Waals surface area contributed by atoms with E-state index in [1.165, 1.54) is 0 Å². The lowest BCUT2D eigenvalue weighted by molar-refractivity contribution is 0.0960. The fourth-order valence-electron chi connectivity index (χ4n) is 2.87. The zero-order valence-electron chi connectivity index (χ0n) is 13.7. The maximum Gasteiger partial charge on any atom is 0.252 e. The maximum atomic E-state index is 12.8. The van der Waals surface area contributed by atoms with Crippen molar-refractivity contribution in [1.29, 1.82) is 0 Å². The fraction of sp³-hybridized carbons (Fsp3) is 0.211. The number of pyridine rings is 1. The first kappa shape index (κ1) is 15.8. The van der Waals surface area contributed by atoms with E-state index in [9.17, 15) is 4.79 Å². The highest BCUT2D eigenvalue weighted by molar-refractivity contribution is 7.13. The number of benzene rings is 1. The summed E-state index contributed by atoms with van der Waals surface area (Å²) in [6.07, 6.45) is 0.830. The number of hydrogen-bond donors (Lipinski definition) is 1. The van der Waals surface area contributed by atoms with Gasteiger partial charge < -0.3 is 10.2 Å².